The second kappa shape index (κ2) is 4.81. The van der Waals surface area contributed by atoms with Crippen LogP contribution in [0.1, 0.15) is 15.9 Å². The molecule has 0 atom stereocenters. The third-order valence-electron chi connectivity index (χ3n) is 2.74. The van der Waals surface area contributed by atoms with E-state index in [1.54, 1.807) is 0 Å². The van der Waals surface area contributed by atoms with Gasteiger partial charge in [0.1, 0.15) is 5.82 Å². The van der Waals surface area contributed by atoms with Gasteiger partial charge in [0.05, 0.1) is 12.7 Å². The molecule has 1 aliphatic rings. The van der Waals surface area contributed by atoms with E-state index in [0.29, 0.717) is 24.2 Å². The average Bonchev–Trinajstić information content (AvgIpc) is 2.27. The van der Waals surface area contributed by atoms with Gasteiger partial charge in [-0.2, -0.15) is 0 Å². The molecular formula is C12H14FNO3. The summed E-state index contributed by atoms with van der Waals surface area (Å²) in [5.41, 5.74) is 0.782. The highest BCUT2D eigenvalue weighted by Gasteiger charge is 2.29. The lowest BCUT2D eigenvalue weighted by Gasteiger charge is -2.35. The molecule has 17 heavy (non-hydrogen) atoms. The van der Waals surface area contributed by atoms with Crippen LogP contribution in [0.3, 0.4) is 0 Å². The first-order valence-electron chi connectivity index (χ1n) is 5.36. The Bertz CT molecular complexity index is 430. The van der Waals surface area contributed by atoms with Gasteiger partial charge < -0.3 is 14.7 Å². The lowest BCUT2D eigenvalue weighted by atomic mass is 10.1. The Balaban J connectivity index is 2.15. The summed E-state index contributed by atoms with van der Waals surface area (Å²) in [4.78, 5) is 13.4. The first-order valence-corrected chi connectivity index (χ1v) is 5.36. The normalized spacial score (nSPS) is 15.8. The number of aliphatic hydroxyl groups excluding tert-OH is 1. The molecule has 1 amide bonds. The molecule has 2 rings (SSSR count). The van der Waals surface area contributed by atoms with E-state index in [1.807, 2.05) is 0 Å². The van der Waals surface area contributed by atoms with E-state index in [-0.39, 0.29) is 18.3 Å². The average molecular weight is 239 g/mol. The van der Waals surface area contributed by atoms with Crippen molar-refractivity contribution in [2.75, 3.05) is 20.2 Å². The van der Waals surface area contributed by atoms with E-state index in [4.69, 9.17) is 9.84 Å². The van der Waals surface area contributed by atoms with Crippen LogP contribution in [0.15, 0.2) is 18.2 Å². The van der Waals surface area contributed by atoms with Gasteiger partial charge in [-0.25, -0.2) is 4.39 Å². The number of carbonyl (C=O) groups excluding carboxylic acids is 1. The molecular weight excluding hydrogens is 225 g/mol. The zero-order valence-electron chi connectivity index (χ0n) is 9.52. The summed E-state index contributed by atoms with van der Waals surface area (Å²) in [7, 11) is 1.47. The van der Waals surface area contributed by atoms with Crippen molar-refractivity contribution in [1.29, 1.82) is 0 Å². The number of halogens is 1. The lowest BCUT2D eigenvalue weighted by Crippen LogP contribution is -2.53. The Kier molecular flexibility index (Phi) is 3.40. The van der Waals surface area contributed by atoms with Crippen LogP contribution in [0.2, 0.25) is 0 Å². The number of nitrogens with zero attached hydrogens (tertiary/aromatic N) is 1. The van der Waals surface area contributed by atoms with Crippen LogP contribution in [-0.4, -0.2) is 42.2 Å². The molecule has 0 aromatic heterocycles. The van der Waals surface area contributed by atoms with Gasteiger partial charge in [0, 0.05) is 31.3 Å². The van der Waals surface area contributed by atoms with Crippen molar-refractivity contribution in [2.24, 2.45) is 0 Å². The van der Waals surface area contributed by atoms with Gasteiger partial charge in [-0.3, -0.25) is 4.79 Å². The maximum atomic E-state index is 13.3. The van der Waals surface area contributed by atoms with Crippen LogP contribution < -0.4 is 0 Å². The van der Waals surface area contributed by atoms with Crippen molar-refractivity contribution < 1.29 is 19.0 Å². The van der Waals surface area contributed by atoms with Crippen molar-refractivity contribution in [3.8, 4) is 0 Å². The van der Waals surface area contributed by atoms with Crippen molar-refractivity contribution in [3.05, 3.63) is 35.1 Å². The number of aliphatic hydroxyl groups is 1. The number of carbonyl (C=O) groups is 1. The van der Waals surface area contributed by atoms with Crippen LogP contribution >= 0.6 is 0 Å². The van der Waals surface area contributed by atoms with Gasteiger partial charge in [0.25, 0.3) is 5.91 Å². The number of hydrogen-bond acceptors (Lipinski definition) is 3. The molecule has 0 aliphatic carbocycles. The van der Waals surface area contributed by atoms with E-state index in [9.17, 15) is 9.18 Å². The fourth-order valence-corrected chi connectivity index (χ4v) is 1.78. The predicted molar refractivity (Wildman–Crippen MR) is 59.0 cm³/mol. The van der Waals surface area contributed by atoms with E-state index < -0.39 is 6.10 Å². The fraction of sp³-hybridized carbons (Fsp3) is 0.417. The zero-order chi connectivity index (χ0) is 12.4. The highest BCUT2D eigenvalue weighted by molar-refractivity contribution is 5.95. The van der Waals surface area contributed by atoms with Crippen LogP contribution in [-0.2, 0) is 11.3 Å². The van der Waals surface area contributed by atoms with Crippen LogP contribution in [0, 0.1) is 5.82 Å². The summed E-state index contributed by atoms with van der Waals surface area (Å²) in [5.74, 6) is -0.570. The molecule has 92 valence electrons. The maximum Gasteiger partial charge on any atom is 0.254 e. The third-order valence-corrected chi connectivity index (χ3v) is 2.74. The number of likely N-dealkylation sites (tertiary alicyclic amines) is 1. The first kappa shape index (κ1) is 12.0. The molecule has 1 N–H and O–H groups in total. The molecule has 1 heterocycles. The van der Waals surface area contributed by atoms with Gasteiger partial charge in [-0.1, -0.05) is 0 Å². The van der Waals surface area contributed by atoms with Crippen molar-refractivity contribution in [1.82, 2.24) is 4.90 Å². The Morgan fingerprint density at radius 3 is 2.88 bits per heavy atom. The maximum absolute atomic E-state index is 13.3. The number of rotatable bonds is 3. The van der Waals surface area contributed by atoms with Crippen LogP contribution in [0.4, 0.5) is 4.39 Å². The largest absolute Gasteiger partial charge is 0.389 e. The lowest BCUT2D eigenvalue weighted by molar-refractivity contribution is 0.00587. The highest BCUT2D eigenvalue weighted by atomic mass is 19.1. The minimum Gasteiger partial charge on any atom is -0.389 e. The minimum absolute atomic E-state index is 0.135. The second-order valence-corrected chi connectivity index (χ2v) is 4.10. The smallest absolute Gasteiger partial charge is 0.254 e. The molecule has 0 radical (unpaired) electrons. The molecule has 0 unspecified atom stereocenters. The second-order valence-electron chi connectivity index (χ2n) is 4.10. The fourth-order valence-electron chi connectivity index (χ4n) is 1.78. The zero-order valence-corrected chi connectivity index (χ0v) is 9.52. The van der Waals surface area contributed by atoms with Crippen molar-refractivity contribution >= 4 is 5.91 Å². The first-order chi connectivity index (χ1) is 8.11. The van der Waals surface area contributed by atoms with Gasteiger partial charge in [-0.05, 0) is 18.2 Å². The Hall–Kier alpha value is -1.46. The van der Waals surface area contributed by atoms with E-state index in [1.165, 1.54) is 30.2 Å². The summed E-state index contributed by atoms with van der Waals surface area (Å²) in [6.45, 7) is 0.821. The molecule has 0 spiro atoms. The van der Waals surface area contributed by atoms with Gasteiger partial charge in [-0.15, -0.1) is 0 Å². The molecule has 0 saturated carbocycles. The van der Waals surface area contributed by atoms with Gasteiger partial charge in [0.15, 0.2) is 0 Å². The summed E-state index contributed by atoms with van der Waals surface area (Å²) >= 11 is 0. The van der Waals surface area contributed by atoms with Gasteiger partial charge in [0.2, 0.25) is 0 Å². The summed E-state index contributed by atoms with van der Waals surface area (Å²) < 4.78 is 18.2. The van der Waals surface area contributed by atoms with Crippen molar-refractivity contribution in [2.45, 2.75) is 12.7 Å². The molecule has 1 aliphatic heterocycles. The molecule has 1 saturated heterocycles. The molecule has 1 aromatic carbocycles. The molecule has 0 bridgehead atoms. The Morgan fingerprint density at radius 1 is 1.59 bits per heavy atom. The number of hydrogen-bond donors (Lipinski definition) is 1. The predicted octanol–water partition coefficient (Wildman–Crippen LogP) is 0.789. The standard InChI is InChI=1S/C12H14FNO3/c1-17-7-9-4-8(2-3-11(9)13)12(16)14-5-10(15)6-14/h2-4,10,15H,5-7H2,1H3. The Morgan fingerprint density at radius 2 is 2.29 bits per heavy atom. The van der Waals surface area contributed by atoms with E-state index >= 15 is 0 Å². The molecule has 4 nitrogen and oxygen atoms in total. The Labute approximate surface area is 98.6 Å². The third kappa shape index (κ3) is 2.45. The summed E-state index contributed by atoms with van der Waals surface area (Å²) in [6, 6.07) is 4.20. The highest BCUT2D eigenvalue weighted by Crippen LogP contribution is 2.16. The van der Waals surface area contributed by atoms with E-state index in [2.05, 4.69) is 0 Å². The molecule has 5 heteroatoms. The minimum atomic E-state index is -0.433. The quantitative estimate of drug-likeness (QED) is 0.848. The van der Waals surface area contributed by atoms with Crippen LogP contribution in [0.5, 0.6) is 0 Å². The number of amides is 1. The topological polar surface area (TPSA) is 49.8 Å². The van der Waals surface area contributed by atoms with Gasteiger partial charge >= 0.3 is 0 Å². The number of benzene rings is 1. The molecule has 1 fully saturated rings. The summed E-state index contributed by atoms with van der Waals surface area (Å²) in [6.07, 6.45) is -0.433. The van der Waals surface area contributed by atoms with Crippen LogP contribution in [0.25, 0.3) is 0 Å². The van der Waals surface area contributed by atoms with Crippen molar-refractivity contribution in [3.63, 3.8) is 0 Å². The van der Waals surface area contributed by atoms with E-state index in [0.717, 1.165) is 0 Å². The monoisotopic (exact) mass is 239 g/mol. The number of methoxy groups -OCH3 is 1. The molecule has 1 aromatic rings. The summed E-state index contributed by atoms with van der Waals surface area (Å²) in [5, 5.41) is 9.12. The number of ether oxygens (including phenoxy) is 1. The SMILES string of the molecule is COCc1cc(C(=O)N2CC(O)C2)ccc1F. The number of β-amino-alcohol motifs (C(OH)–C–C–N with tert-alkyl or cyclic N) is 1.